The second kappa shape index (κ2) is 7.72. The van der Waals surface area contributed by atoms with Crippen molar-refractivity contribution in [1.82, 2.24) is 25.0 Å². The van der Waals surface area contributed by atoms with Gasteiger partial charge in [-0.2, -0.15) is 10.2 Å². The molecular formula is C17H25N5O2. The molecule has 3 rings (SSSR count). The summed E-state index contributed by atoms with van der Waals surface area (Å²) in [5.41, 5.74) is 3.23. The van der Waals surface area contributed by atoms with E-state index in [0.29, 0.717) is 32.2 Å². The fourth-order valence-corrected chi connectivity index (χ4v) is 2.72. The van der Waals surface area contributed by atoms with Gasteiger partial charge in [0.15, 0.2) is 5.82 Å². The van der Waals surface area contributed by atoms with E-state index in [1.807, 2.05) is 11.6 Å². The zero-order valence-electron chi connectivity index (χ0n) is 14.6. The first kappa shape index (κ1) is 16.9. The molecule has 0 amide bonds. The Balaban J connectivity index is 1.81. The number of nitrogens with zero attached hydrogens (tertiary/aromatic N) is 4. The highest BCUT2D eigenvalue weighted by molar-refractivity contribution is 5.56. The van der Waals surface area contributed by atoms with E-state index in [9.17, 15) is 0 Å². The van der Waals surface area contributed by atoms with Crippen LogP contribution in [0.2, 0.25) is 0 Å². The zero-order chi connectivity index (χ0) is 16.9. The molecule has 1 atom stereocenters. The highest BCUT2D eigenvalue weighted by Crippen LogP contribution is 2.19. The van der Waals surface area contributed by atoms with E-state index in [2.05, 4.69) is 30.1 Å². The molecule has 2 aromatic heterocycles. The topological polar surface area (TPSA) is 77.9 Å². The molecule has 1 saturated heterocycles. The number of aromatic nitrogens is 5. The van der Waals surface area contributed by atoms with Gasteiger partial charge in [-0.3, -0.25) is 5.10 Å². The molecule has 2 aromatic rings. The van der Waals surface area contributed by atoms with Crippen LogP contribution in [0.15, 0.2) is 17.8 Å². The number of aromatic amines is 1. The molecule has 0 radical (unpaired) electrons. The van der Waals surface area contributed by atoms with Crippen LogP contribution in [-0.4, -0.2) is 50.9 Å². The zero-order valence-corrected chi connectivity index (χ0v) is 14.6. The number of ether oxygens (including phenoxy) is 2. The molecule has 0 aromatic carbocycles. The highest BCUT2D eigenvalue weighted by atomic mass is 16.6. The minimum Gasteiger partial charge on any atom is -0.376 e. The molecule has 130 valence electrons. The van der Waals surface area contributed by atoms with Crippen LogP contribution in [0.3, 0.4) is 0 Å². The Labute approximate surface area is 142 Å². The lowest BCUT2D eigenvalue weighted by molar-refractivity contribution is -0.0948. The molecule has 7 nitrogen and oxygen atoms in total. The second-order valence-corrected chi connectivity index (χ2v) is 6.33. The van der Waals surface area contributed by atoms with Crippen molar-refractivity contribution in [3.63, 3.8) is 0 Å². The first-order valence-electron chi connectivity index (χ1n) is 8.40. The van der Waals surface area contributed by atoms with Gasteiger partial charge in [-0.25, -0.2) is 9.67 Å². The number of rotatable bonds is 6. The summed E-state index contributed by atoms with van der Waals surface area (Å²) in [6.07, 6.45) is 5.83. The monoisotopic (exact) mass is 331 g/mol. The normalized spacial score (nSPS) is 17.9. The minimum atomic E-state index is 0.0287. The molecule has 0 aliphatic carbocycles. The van der Waals surface area contributed by atoms with Gasteiger partial charge in [-0.15, -0.1) is 0 Å². The van der Waals surface area contributed by atoms with Gasteiger partial charge < -0.3 is 9.47 Å². The number of allylic oxidation sites excluding steroid dienone is 2. The van der Waals surface area contributed by atoms with Gasteiger partial charge in [0.05, 0.1) is 38.1 Å². The molecule has 3 heterocycles. The van der Waals surface area contributed by atoms with Crippen LogP contribution < -0.4 is 0 Å². The van der Waals surface area contributed by atoms with Crippen LogP contribution in [-0.2, 0) is 22.4 Å². The highest BCUT2D eigenvalue weighted by Gasteiger charge is 2.20. The van der Waals surface area contributed by atoms with Gasteiger partial charge in [0.25, 0.3) is 0 Å². The summed E-state index contributed by atoms with van der Waals surface area (Å²) in [5, 5.41) is 11.7. The van der Waals surface area contributed by atoms with Crippen LogP contribution in [0.5, 0.6) is 0 Å². The first-order chi connectivity index (χ1) is 11.6. The van der Waals surface area contributed by atoms with E-state index in [1.54, 1.807) is 6.20 Å². The number of H-pyrrole nitrogens is 1. The van der Waals surface area contributed by atoms with Crippen LogP contribution >= 0.6 is 0 Å². The van der Waals surface area contributed by atoms with Crippen molar-refractivity contribution in [3.05, 3.63) is 29.4 Å². The molecule has 7 heteroatoms. The Morgan fingerprint density at radius 2 is 2.29 bits per heavy atom. The van der Waals surface area contributed by atoms with Crippen LogP contribution in [0.4, 0.5) is 0 Å². The Morgan fingerprint density at radius 3 is 2.96 bits per heavy atom. The maximum atomic E-state index is 5.76. The van der Waals surface area contributed by atoms with E-state index >= 15 is 0 Å². The summed E-state index contributed by atoms with van der Waals surface area (Å²) in [6, 6.07) is 0. The number of hydrogen-bond donors (Lipinski definition) is 1. The smallest absolute Gasteiger partial charge is 0.184 e. The summed E-state index contributed by atoms with van der Waals surface area (Å²) >= 11 is 0. The van der Waals surface area contributed by atoms with Crippen molar-refractivity contribution in [1.29, 1.82) is 0 Å². The summed E-state index contributed by atoms with van der Waals surface area (Å²) in [5.74, 6) is 1.68. The third-order valence-electron chi connectivity index (χ3n) is 4.00. The molecule has 1 aliphatic rings. The van der Waals surface area contributed by atoms with Crippen molar-refractivity contribution in [2.24, 2.45) is 0 Å². The fourth-order valence-electron chi connectivity index (χ4n) is 2.72. The quantitative estimate of drug-likeness (QED) is 0.822. The van der Waals surface area contributed by atoms with Crippen molar-refractivity contribution < 1.29 is 9.47 Å². The molecular weight excluding hydrogens is 306 g/mol. The maximum absolute atomic E-state index is 5.76. The van der Waals surface area contributed by atoms with Gasteiger partial charge in [-0.05, 0) is 27.2 Å². The lowest BCUT2D eigenvalue weighted by Gasteiger charge is -2.23. The molecule has 0 spiro atoms. The largest absolute Gasteiger partial charge is 0.376 e. The second-order valence-electron chi connectivity index (χ2n) is 6.33. The third kappa shape index (κ3) is 4.10. The Bertz CT molecular complexity index is 694. The summed E-state index contributed by atoms with van der Waals surface area (Å²) in [7, 11) is 0. The van der Waals surface area contributed by atoms with Gasteiger partial charge in [-0.1, -0.05) is 11.6 Å². The molecule has 0 saturated carbocycles. The van der Waals surface area contributed by atoms with Gasteiger partial charge in [0, 0.05) is 12.1 Å². The van der Waals surface area contributed by atoms with Crippen molar-refractivity contribution in [3.8, 4) is 11.4 Å². The van der Waals surface area contributed by atoms with E-state index in [1.165, 1.54) is 5.57 Å². The fraction of sp³-hybridized carbons (Fsp3) is 0.588. The van der Waals surface area contributed by atoms with Gasteiger partial charge in [0.1, 0.15) is 11.9 Å². The summed E-state index contributed by atoms with van der Waals surface area (Å²) in [6.45, 7) is 8.77. The van der Waals surface area contributed by atoms with Crippen molar-refractivity contribution in [2.45, 2.75) is 46.3 Å². The third-order valence-corrected chi connectivity index (χ3v) is 4.00. The average Bonchev–Trinajstić information content (AvgIpc) is 3.14. The van der Waals surface area contributed by atoms with Crippen LogP contribution in [0, 0.1) is 6.92 Å². The molecule has 0 bridgehead atoms. The van der Waals surface area contributed by atoms with Gasteiger partial charge >= 0.3 is 0 Å². The Hall–Kier alpha value is -1.99. The average molecular weight is 331 g/mol. The lowest BCUT2D eigenvalue weighted by atomic mass is 10.2. The van der Waals surface area contributed by atoms with Crippen LogP contribution in [0.25, 0.3) is 11.4 Å². The number of hydrogen-bond acceptors (Lipinski definition) is 5. The molecule has 1 aliphatic heterocycles. The van der Waals surface area contributed by atoms with E-state index in [0.717, 1.165) is 29.9 Å². The predicted molar refractivity (Wildman–Crippen MR) is 90.7 cm³/mol. The SMILES string of the molecule is CC(C)=CCCc1nc(-c2cn[nH]c2C)nn1CC1COCCO1. The molecule has 1 unspecified atom stereocenters. The standard InChI is InChI=1S/C17H25N5O2/c1-12(2)5-4-6-16-19-17(15-9-18-20-13(15)3)21-22(16)10-14-11-23-7-8-24-14/h5,9,14H,4,6-8,10-11H2,1-3H3,(H,18,20). The molecule has 1 N–H and O–H groups in total. The minimum absolute atomic E-state index is 0.0287. The first-order valence-corrected chi connectivity index (χ1v) is 8.40. The number of aryl methyl sites for hydroxylation is 2. The lowest BCUT2D eigenvalue weighted by Crippen LogP contribution is -2.33. The molecule has 24 heavy (non-hydrogen) atoms. The van der Waals surface area contributed by atoms with Crippen molar-refractivity contribution in [2.75, 3.05) is 19.8 Å². The van der Waals surface area contributed by atoms with Crippen molar-refractivity contribution >= 4 is 0 Å². The summed E-state index contributed by atoms with van der Waals surface area (Å²) in [4.78, 5) is 4.74. The van der Waals surface area contributed by atoms with E-state index in [4.69, 9.17) is 19.6 Å². The Kier molecular flexibility index (Phi) is 5.42. The molecule has 1 fully saturated rings. The number of nitrogens with one attached hydrogen (secondary N) is 1. The Morgan fingerprint density at radius 1 is 1.42 bits per heavy atom. The van der Waals surface area contributed by atoms with Gasteiger partial charge in [0.2, 0.25) is 0 Å². The van der Waals surface area contributed by atoms with E-state index < -0.39 is 0 Å². The summed E-state index contributed by atoms with van der Waals surface area (Å²) < 4.78 is 13.2. The van der Waals surface area contributed by atoms with Crippen LogP contribution in [0.1, 0.15) is 31.8 Å². The van der Waals surface area contributed by atoms with E-state index in [-0.39, 0.29) is 6.10 Å². The predicted octanol–water partition coefficient (Wildman–Crippen LogP) is 2.29. The maximum Gasteiger partial charge on any atom is 0.184 e.